The molecule has 2 aromatic rings. The van der Waals surface area contributed by atoms with Crippen LogP contribution in [0.15, 0.2) is 46.9 Å². The number of hydrogen-bond donors (Lipinski definition) is 1. The first-order chi connectivity index (χ1) is 9.63. The molecular weight excluding hydrogens is 340 g/mol. The second-order valence-electron chi connectivity index (χ2n) is 4.96. The van der Waals surface area contributed by atoms with Crippen LogP contribution in [-0.4, -0.2) is 11.2 Å². The van der Waals surface area contributed by atoms with Crippen LogP contribution in [0.3, 0.4) is 0 Å². The maximum absolute atomic E-state index is 10.5. The average Bonchev–Trinajstić information content (AvgIpc) is 3.25. The highest BCUT2D eigenvalue weighted by Gasteiger charge is 2.24. The van der Waals surface area contributed by atoms with Gasteiger partial charge in [-0.1, -0.05) is 39.7 Å². The number of benzene rings is 2. The summed E-state index contributed by atoms with van der Waals surface area (Å²) in [6.45, 7) is 0. The highest BCUT2D eigenvalue weighted by Crippen LogP contribution is 2.33. The van der Waals surface area contributed by atoms with Crippen LogP contribution in [0.5, 0.6) is 5.75 Å². The van der Waals surface area contributed by atoms with E-state index in [1.165, 1.54) is 0 Å². The monoisotopic (exact) mass is 352 g/mol. The predicted octanol–water partition coefficient (Wildman–Crippen LogP) is 4.73. The Kier molecular flexibility index (Phi) is 4.01. The van der Waals surface area contributed by atoms with Gasteiger partial charge in [-0.05, 0) is 48.7 Å². The van der Waals surface area contributed by atoms with Crippen LogP contribution in [-0.2, 0) is 0 Å². The molecule has 1 N–H and O–H groups in total. The molecule has 20 heavy (non-hydrogen) atoms. The maximum Gasteiger partial charge on any atom is 0.120 e. The summed E-state index contributed by atoms with van der Waals surface area (Å²) in [6.07, 6.45) is 1.85. The minimum Gasteiger partial charge on any atom is -0.490 e. The first-order valence-corrected chi connectivity index (χ1v) is 7.70. The van der Waals surface area contributed by atoms with E-state index in [-0.39, 0.29) is 0 Å². The molecule has 1 fully saturated rings. The van der Waals surface area contributed by atoms with Gasteiger partial charge in [0.1, 0.15) is 11.9 Å². The third-order valence-corrected chi connectivity index (χ3v) is 4.21. The topological polar surface area (TPSA) is 29.5 Å². The normalized spacial score (nSPS) is 15.9. The van der Waals surface area contributed by atoms with E-state index in [0.29, 0.717) is 11.1 Å². The molecule has 1 atom stereocenters. The summed E-state index contributed by atoms with van der Waals surface area (Å²) >= 11 is 9.45. The summed E-state index contributed by atoms with van der Waals surface area (Å²) in [7, 11) is 0. The Bertz CT molecular complexity index is 626. The van der Waals surface area contributed by atoms with Gasteiger partial charge in [-0.25, -0.2) is 0 Å². The van der Waals surface area contributed by atoms with Crippen LogP contribution in [0.4, 0.5) is 0 Å². The van der Waals surface area contributed by atoms with Crippen molar-refractivity contribution < 1.29 is 9.84 Å². The Labute approximate surface area is 131 Å². The highest BCUT2D eigenvalue weighted by atomic mass is 79.9. The second-order valence-corrected chi connectivity index (χ2v) is 6.25. The molecule has 1 unspecified atom stereocenters. The lowest BCUT2D eigenvalue weighted by molar-refractivity contribution is 0.218. The largest absolute Gasteiger partial charge is 0.490 e. The van der Waals surface area contributed by atoms with Gasteiger partial charge in [-0.3, -0.25) is 0 Å². The fraction of sp³-hybridized carbons (Fsp3) is 0.250. The molecule has 104 valence electrons. The molecule has 3 rings (SSSR count). The summed E-state index contributed by atoms with van der Waals surface area (Å²) in [6, 6.07) is 13.0. The van der Waals surface area contributed by atoms with Gasteiger partial charge in [0.25, 0.3) is 0 Å². The summed E-state index contributed by atoms with van der Waals surface area (Å²) in [5.41, 5.74) is 1.55. The molecule has 0 spiro atoms. The standard InChI is InChI=1S/C16H14BrClO2/c17-15-7-4-11(18)9-14(15)16(19)10-2-1-3-13(8-10)20-12-5-6-12/h1-4,7-9,12,16,19H,5-6H2. The van der Waals surface area contributed by atoms with Gasteiger partial charge in [0.15, 0.2) is 0 Å². The van der Waals surface area contributed by atoms with Gasteiger partial charge in [-0.2, -0.15) is 0 Å². The van der Waals surface area contributed by atoms with E-state index in [1.54, 1.807) is 12.1 Å². The molecule has 0 amide bonds. The number of ether oxygens (including phenoxy) is 1. The molecule has 0 saturated heterocycles. The fourth-order valence-corrected chi connectivity index (χ4v) is 2.68. The van der Waals surface area contributed by atoms with Gasteiger partial charge in [0, 0.05) is 15.1 Å². The molecule has 1 aliphatic carbocycles. The minimum atomic E-state index is -0.731. The molecule has 0 heterocycles. The van der Waals surface area contributed by atoms with E-state index >= 15 is 0 Å². The quantitative estimate of drug-likeness (QED) is 0.861. The Morgan fingerprint density at radius 1 is 1.20 bits per heavy atom. The van der Waals surface area contributed by atoms with Crippen LogP contribution in [0.2, 0.25) is 5.02 Å². The summed E-state index contributed by atoms with van der Waals surface area (Å²) < 4.78 is 6.59. The smallest absolute Gasteiger partial charge is 0.120 e. The summed E-state index contributed by atoms with van der Waals surface area (Å²) in [4.78, 5) is 0. The number of rotatable bonds is 4. The van der Waals surface area contributed by atoms with Crippen molar-refractivity contribution in [2.75, 3.05) is 0 Å². The zero-order valence-electron chi connectivity index (χ0n) is 10.7. The third-order valence-electron chi connectivity index (χ3n) is 3.25. The molecule has 2 aromatic carbocycles. The van der Waals surface area contributed by atoms with Gasteiger partial charge in [0.2, 0.25) is 0 Å². The SMILES string of the molecule is OC(c1cccc(OC2CC2)c1)c1cc(Cl)ccc1Br. The lowest BCUT2D eigenvalue weighted by Gasteiger charge is -2.15. The van der Waals surface area contributed by atoms with Gasteiger partial charge < -0.3 is 9.84 Å². The van der Waals surface area contributed by atoms with Crippen molar-refractivity contribution in [3.8, 4) is 5.75 Å². The number of halogens is 2. The number of hydrogen-bond acceptors (Lipinski definition) is 2. The van der Waals surface area contributed by atoms with E-state index in [4.69, 9.17) is 16.3 Å². The number of aliphatic hydroxyl groups excluding tert-OH is 1. The van der Waals surface area contributed by atoms with Crippen molar-refractivity contribution in [1.29, 1.82) is 0 Å². The molecule has 0 radical (unpaired) electrons. The van der Waals surface area contributed by atoms with Crippen molar-refractivity contribution in [1.82, 2.24) is 0 Å². The van der Waals surface area contributed by atoms with Crippen LogP contribution in [0.25, 0.3) is 0 Å². The third kappa shape index (κ3) is 3.17. The lowest BCUT2D eigenvalue weighted by Crippen LogP contribution is -2.02. The minimum absolute atomic E-state index is 0.347. The number of aliphatic hydroxyl groups is 1. The lowest BCUT2D eigenvalue weighted by atomic mass is 10.0. The molecule has 0 aromatic heterocycles. The summed E-state index contributed by atoms with van der Waals surface area (Å²) in [5, 5.41) is 11.1. The van der Waals surface area contributed by atoms with Crippen LogP contribution in [0, 0.1) is 0 Å². The van der Waals surface area contributed by atoms with E-state index in [9.17, 15) is 5.11 Å². The first-order valence-electron chi connectivity index (χ1n) is 6.53. The van der Waals surface area contributed by atoms with Crippen molar-refractivity contribution in [2.45, 2.75) is 25.0 Å². The van der Waals surface area contributed by atoms with Crippen molar-refractivity contribution in [2.24, 2.45) is 0 Å². The zero-order valence-corrected chi connectivity index (χ0v) is 13.1. The molecular formula is C16H14BrClO2. The molecule has 1 saturated carbocycles. The van der Waals surface area contributed by atoms with Crippen molar-refractivity contribution in [3.05, 3.63) is 63.1 Å². The summed E-state index contributed by atoms with van der Waals surface area (Å²) in [5.74, 6) is 0.808. The van der Waals surface area contributed by atoms with Crippen LogP contribution >= 0.6 is 27.5 Å². The second kappa shape index (κ2) is 5.76. The molecule has 2 nitrogen and oxygen atoms in total. The van der Waals surface area contributed by atoms with Gasteiger partial charge in [0.05, 0.1) is 6.10 Å². The van der Waals surface area contributed by atoms with Crippen molar-refractivity contribution in [3.63, 3.8) is 0 Å². The van der Waals surface area contributed by atoms with Crippen LogP contribution < -0.4 is 4.74 Å². The van der Waals surface area contributed by atoms with Crippen LogP contribution in [0.1, 0.15) is 30.1 Å². The molecule has 4 heteroatoms. The fourth-order valence-electron chi connectivity index (χ4n) is 2.04. The van der Waals surface area contributed by atoms with Gasteiger partial charge >= 0.3 is 0 Å². The zero-order chi connectivity index (χ0) is 14.1. The van der Waals surface area contributed by atoms with E-state index in [0.717, 1.165) is 34.2 Å². The van der Waals surface area contributed by atoms with E-state index in [2.05, 4.69) is 15.9 Å². The Balaban J connectivity index is 1.88. The predicted molar refractivity (Wildman–Crippen MR) is 83.3 cm³/mol. The molecule has 1 aliphatic rings. The van der Waals surface area contributed by atoms with Crippen molar-refractivity contribution >= 4 is 27.5 Å². The Morgan fingerprint density at radius 3 is 2.75 bits per heavy atom. The van der Waals surface area contributed by atoms with Gasteiger partial charge in [-0.15, -0.1) is 0 Å². The average molecular weight is 354 g/mol. The Morgan fingerprint density at radius 2 is 2.00 bits per heavy atom. The molecule has 0 aliphatic heterocycles. The van der Waals surface area contributed by atoms with E-state index < -0.39 is 6.10 Å². The maximum atomic E-state index is 10.5. The molecule has 0 bridgehead atoms. The first kappa shape index (κ1) is 13.9. The van der Waals surface area contributed by atoms with E-state index in [1.807, 2.05) is 30.3 Å². The highest BCUT2D eigenvalue weighted by molar-refractivity contribution is 9.10. The Hall–Kier alpha value is -1.03.